The molecule has 0 saturated heterocycles. The molecule has 3 nitrogen and oxygen atoms in total. The van der Waals surface area contributed by atoms with Crippen LogP contribution in [0.15, 0.2) is 24.3 Å². The first-order valence-corrected chi connectivity index (χ1v) is 7.77. The van der Waals surface area contributed by atoms with Crippen molar-refractivity contribution in [2.24, 2.45) is 0 Å². The Morgan fingerprint density at radius 2 is 1.78 bits per heavy atom. The van der Waals surface area contributed by atoms with Crippen molar-refractivity contribution in [3.8, 4) is 6.07 Å². The minimum Gasteiger partial charge on any atom is -0.457 e. The third-order valence-electron chi connectivity index (χ3n) is 3.23. The summed E-state index contributed by atoms with van der Waals surface area (Å²) in [5.74, 6) is -0.432. The Morgan fingerprint density at radius 1 is 1.22 bits per heavy atom. The fourth-order valence-corrected chi connectivity index (χ4v) is 2.09. The Bertz CT molecular complexity index is 436. The van der Waals surface area contributed by atoms with Gasteiger partial charge >= 0.3 is 12.1 Å². The van der Waals surface area contributed by atoms with Gasteiger partial charge in [-0.25, -0.2) is 0 Å². The summed E-state index contributed by atoms with van der Waals surface area (Å²) in [6.07, 6.45) is 2.98. The number of hydrogen-bond donors (Lipinski definition) is 0. The van der Waals surface area contributed by atoms with Crippen molar-refractivity contribution in [1.82, 2.24) is 0 Å². The second-order valence-corrected chi connectivity index (χ2v) is 5.38. The Labute approximate surface area is 135 Å². The van der Waals surface area contributed by atoms with Crippen LogP contribution in [0.5, 0.6) is 0 Å². The molecule has 0 aliphatic carbocycles. The molecule has 0 aromatic rings. The Kier molecular flexibility index (Phi) is 10.8. The van der Waals surface area contributed by atoms with Gasteiger partial charge in [-0.3, -0.25) is 4.79 Å². The lowest BCUT2D eigenvalue weighted by molar-refractivity contribution is -0.144. The Hall–Kier alpha value is -1.77. The minimum absolute atomic E-state index is 0.247. The van der Waals surface area contributed by atoms with Crippen LogP contribution in [0.2, 0.25) is 0 Å². The highest BCUT2D eigenvalue weighted by Gasteiger charge is 2.21. The highest BCUT2D eigenvalue weighted by molar-refractivity contribution is 5.66. The summed E-state index contributed by atoms with van der Waals surface area (Å²) in [6.45, 7) is 4.87. The molecule has 0 fully saturated rings. The van der Waals surface area contributed by atoms with E-state index in [9.17, 15) is 18.0 Å². The zero-order valence-electron chi connectivity index (χ0n) is 13.5. The molecule has 0 N–H and O–H groups in total. The van der Waals surface area contributed by atoms with Gasteiger partial charge in [0.1, 0.15) is 6.10 Å². The molecule has 0 heterocycles. The minimum atomic E-state index is -4.22. The maximum Gasteiger partial charge on any atom is 0.409 e. The third-order valence-corrected chi connectivity index (χ3v) is 3.23. The predicted molar refractivity (Wildman–Crippen MR) is 82.4 cm³/mol. The molecule has 1 unspecified atom stereocenters. The second kappa shape index (κ2) is 11.8. The Morgan fingerprint density at radius 3 is 2.30 bits per heavy atom. The number of allylic oxidation sites excluding steroid dienone is 2. The van der Waals surface area contributed by atoms with Gasteiger partial charge in [0.15, 0.2) is 0 Å². The predicted octanol–water partition coefficient (Wildman–Crippen LogP) is 5.24. The zero-order chi connectivity index (χ0) is 17.7. The molecular formula is C17H24F3NO2. The maximum absolute atomic E-state index is 11.9. The van der Waals surface area contributed by atoms with Crippen molar-refractivity contribution in [3.05, 3.63) is 24.3 Å². The summed E-state index contributed by atoms with van der Waals surface area (Å²) in [4.78, 5) is 10.9. The summed E-state index contributed by atoms with van der Waals surface area (Å²) >= 11 is 0. The van der Waals surface area contributed by atoms with Gasteiger partial charge in [-0.05, 0) is 25.7 Å². The number of carbonyl (C=O) groups is 1. The van der Waals surface area contributed by atoms with E-state index in [0.29, 0.717) is 12.8 Å². The lowest BCUT2D eigenvalue weighted by Gasteiger charge is -2.15. The number of hydrogen-bond acceptors (Lipinski definition) is 3. The first-order valence-electron chi connectivity index (χ1n) is 7.77. The van der Waals surface area contributed by atoms with Crippen molar-refractivity contribution >= 4 is 5.97 Å². The van der Waals surface area contributed by atoms with Gasteiger partial charge in [0.2, 0.25) is 0 Å². The first-order chi connectivity index (χ1) is 10.8. The Balaban J connectivity index is 3.68. The number of carbonyl (C=O) groups excluding carboxylic acids is 1. The van der Waals surface area contributed by atoms with Crippen LogP contribution in [0, 0.1) is 11.3 Å². The van der Waals surface area contributed by atoms with Gasteiger partial charge in [0.25, 0.3) is 0 Å². The van der Waals surface area contributed by atoms with E-state index in [1.807, 2.05) is 6.07 Å². The van der Waals surface area contributed by atoms with Crippen LogP contribution in [-0.2, 0) is 9.53 Å². The van der Waals surface area contributed by atoms with Crippen LogP contribution in [0.1, 0.15) is 58.3 Å². The van der Waals surface area contributed by atoms with Crippen LogP contribution in [-0.4, -0.2) is 18.2 Å². The molecule has 0 aliphatic rings. The number of esters is 1. The summed E-state index contributed by atoms with van der Waals surface area (Å²) in [5, 5.41) is 8.80. The van der Waals surface area contributed by atoms with Crippen molar-refractivity contribution in [2.45, 2.75) is 70.6 Å². The number of nitriles is 1. The average Bonchev–Trinajstić information content (AvgIpc) is 2.45. The fraction of sp³-hybridized carbons (Fsp3) is 0.647. The third kappa shape index (κ3) is 13.6. The van der Waals surface area contributed by atoms with Crippen molar-refractivity contribution in [3.63, 3.8) is 0 Å². The van der Waals surface area contributed by atoms with Crippen LogP contribution >= 0.6 is 0 Å². The second-order valence-electron chi connectivity index (χ2n) is 5.38. The largest absolute Gasteiger partial charge is 0.457 e. The van der Waals surface area contributed by atoms with E-state index in [-0.39, 0.29) is 11.6 Å². The van der Waals surface area contributed by atoms with E-state index in [2.05, 4.69) is 6.58 Å². The molecule has 0 amide bonds. The molecule has 130 valence electrons. The molecule has 0 bridgehead atoms. The number of rotatable bonds is 11. The number of halogens is 3. The highest BCUT2D eigenvalue weighted by atomic mass is 19.4. The summed E-state index contributed by atoms with van der Waals surface area (Å²) in [7, 11) is 0. The highest BCUT2D eigenvalue weighted by Crippen LogP contribution is 2.18. The number of ether oxygens (including phenoxy) is 1. The summed E-state index contributed by atoms with van der Waals surface area (Å²) in [6, 6.07) is 1.90. The van der Waals surface area contributed by atoms with E-state index in [0.717, 1.165) is 44.6 Å². The van der Waals surface area contributed by atoms with Crippen molar-refractivity contribution in [1.29, 1.82) is 5.26 Å². The van der Waals surface area contributed by atoms with Crippen LogP contribution in [0.3, 0.4) is 0 Å². The molecule has 0 aromatic heterocycles. The van der Waals surface area contributed by atoms with Gasteiger partial charge in [-0.1, -0.05) is 38.3 Å². The molecule has 0 radical (unpaired) electrons. The van der Waals surface area contributed by atoms with E-state index < -0.39 is 18.2 Å². The lowest BCUT2D eigenvalue weighted by Crippen LogP contribution is -2.17. The van der Waals surface area contributed by atoms with Gasteiger partial charge in [0, 0.05) is 13.0 Å². The van der Waals surface area contributed by atoms with E-state index in [1.54, 1.807) is 0 Å². The van der Waals surface area contributed by atoms with E-state index in [1.165, 1.54) is 6.92 Å². The van der Waals surface area contributed by atoms with E-state index in [4.69, 9.17) is 10.00 Å². The molecule has 1 atom stereocenters. The lowest BCUT2D eigenvalue weighted by atomic mass is 10.0. The number of nitrogens with zero attached hydrogens (tertiary/aromatic N) is 1. The molecule has 0 rings (SSSR count). The maximum atomic E-state index is 11.9. The van der Waals surface area contributed by atoms with Gasteiger partial charge in [0.05, 0.1) is 11.6 Å². The van der Waals surface area contributed by atoms with Crippen molar-refractivity contribution < 1.29 is 22.7 Å². The topological polar surface area (TPSA) is 50.1 Å². The quantitative estimate of drug-likeness (QED) is 0.225. The van der Waals surface area contributed by atoms with Crippen LogP contribution in [0.4, 0.5) is 13.2 Å². The van der Waals surface area contributed by atoms with Crippen LogP contribution < -0.4 is 0 Å². The standard InChI is InChI=1S/C17H24F3NO2/c1-14(13-21)16(23-15(2)22)11-9-7-5-3-4-6-8-10-12-17(18,19)20/h10,12,16H,1,3-9,11H2,2H3/b12-10+. The smallest absolute Gasteiger partial charge is 0.409 e. The van der Waals surface area contributed by atoms with E-state index >= 15 is 0 Å². The molecular weight excluding hydrogens is 307 g/mol. The van der Waals surface area contributed by atoms with Gasteiger partial charge < -0.3 is 4.74 Å². The molecule has 0 spiro atoms. The normalized spacial score (nSPS) is 12.8. The molecule has 0 saturated carbocycles. The average molecular weight is 331 g/mol. The zero-order valence-corrected chi connectivity index (χ0v) is 13.5. The monoisotopic (exact) mass is 331 g/mol. The van der Waals surface area contributed by atoms with Crippen molar-refractivity contribution in [2.75, 3.05) is 0 Å². The molecule has 0 aliphatic heterocycles. The number of alkyl halides is 3. The molecule has 6 heteroatoms. The van der Waals surface area contributed by atoms with Gasteiger partial charge in [-0.15, -0.1) is 0 Å². The van der Waals surface area contributed by atoms with Crippen LogP contribution in [0.25, 0.3) is 0 Å². The molecule has 23 heavy (non-hydrogen) atoms. The summed E-state index contributed by atoms with van der Waals surface area (Å²) in [5.41, 5.74) is 0.247. The fourth-order valence-electron chi connectivity index (χ4n) is 2.09. The van der Waals surface area contributed by atoms with Gasteiger partial charge in [-0.2, -0.15) is 18.4 Å². The SMILES string of the molecule is C=C(C#N)C(CCCCCCCC/C=C/C(F)(F)F)OC(C)=O. The molecule has 0 aromatic carbocycles. The summed E-state index contributed by atoms with van der Waals surface area (Å²) < 4.78 is 40.6. The number of unbranched alkanes of at least 4 members (excludes halogenated alkanes) is 6. The first kappa shape index (κ1) is 21.2.